The maximum atomic E-state index is 13.5. The summed E-state index contributed by atoms with van der Waals surface area (Å²) in [5, 5.41) is 0. The number of allylic oxidation sites excluding steroid dienone is 1. The van der Waals surface area contributed by atoms with Crippen molar-refractivity contribution in [1.82, 2.24) is 4.98 Å². The molecule has 0 spiro atoms. The van der Waals surface area contributed by atoms with Gasteiger partial charge in [0, 0.05) is 17.7 Å². The molecular weight excluding hydrogens is 401 g/mol. The number of carbonyl (C=O) groups is 1. The van der Waals surface area contributed by atoms with Crippen molar-refractivity contribution in [2.45, 2.75) is 31.8 Å². The summed E-state index contributed by atoms with van der Waals surface area (Å²) in [5.74, 6) is 0.379. The number of pyridine rings is 1. The average molecular weight is 428 g/mol. The summed E-state index contributed by atoms with van der Waals surface area (Å²) < 4.78 is 19.2. The van der Waals surface area contributed by atoms with E-state index in [9.17, 15) is 9.18 Å². The first-order valence-electron chi connectivity index (χ1n) is 11.3. The lowest BCUT2D eigenvalue weighted by Gasteiger charge is -2.38. The number of carbonyl (C=O) groups excluding carboxylic acids is 1. The molecule has 5 atom stereocenters. The van der Waals surface area contributed by atoms with Crippen LogP contribution in [0.15, 0.2) is 79.0 Å². The molecular formula is C28H26FNO2. The third-order valence-corrected chi connectivity index (χ3v) is 6.97. The average Bonchev–Trinajstić information content (AvgIpc) is 3.12. The van der Waals surface area contributed by atoms with Crippen molar-refractivity contribution in [1.29, 1.82) is 0 Å². The van der Waals surface area contributed by atoms with Crippen LogP contribution >= 0.6 is 0 Å². The molecule has 3 nitrogen and oxygen atoms in total. The molecule has 2 aliphatic rings. The van der Waals surface area contributed by atoms with E-state index in [0.29, 0.717) is 5.92 Å². The maximum absolute atomic E-state index is 13.5. The Balaban J connectivity index is 1.43. The number of nitrogens with zero attached hydrogens (tertiary/aromatic N) is 1. The fourth-order valence-electron chi connectivity index (χ4n) is 5.45. The molecule has 5 unspecified atom stereocenters. The minimum absolute atomic E-state index is 0.0251. The van der Waals surface area contributed by atoms with Crippen LogP contribution in [0.1, 0.15) is 36.9 Å². The summed E-state index contributed by atoms with van der Waals surface area (Å²) in [6.07, 6.45) is 7.80. The molecule has 1 aliphatic heterocycles. The minimum atomic E-state index is -0.257. The summed E-state index contributed by atoms with van der Waals surface area (Å²) >= 11 is 0. The fraction of sp³-hybridized carbons (Fsp3) is 0.286. The van der Waals surface area contributed by atoms with Crippen LogP contribution in [0.5, 0.6) is 0 Å². The lowest BCUT2D eigenvalue weighted by Crippen LogP contribution is -2.35. The van der Waals surface area contributed by atoms with E-state index in [1.165, 1.54) is 17.7 Å². The van der Waals surface area contributed by atoms with Gasteiger partial charge in [-0.2, -0.15) is 0 Å². The molecule has 2 heterocycles. The standard InChI is InChI=1S/C28H26FNO2/c1-18-27-25(24(19-6-3-2-4-7-19)14-15-26(27)28(31)32-18)13-12-23-11-10-21(17-30-23)20-8-5-9-22(29)16-20/h2-13,16-18,24-27H,14-15H2,1H3/b13-12+. The number of fused-ring (bicyclic) bond motifs is 1. The Morgan fingerprint density at radius 3 is 2.53 bits per heavy atom. The summed E-state index contributed by atoms with van der Waals surface area (Å²) in [6.45, 7) is 2.02. The van der Waals surface area contributed by atoms with Crippen LogP contribution in [0.25, 0.3) is 17.2 Å². The predicted octanol–water partition coefficient (Wildman–Crippen LogP) is 6.27. The summed E-state index contributed by atoms with van der Waals surface area (Å²) in [4.78, 5) is 17.0. The summed E-state index contributed by atoms with van der Waals surface area (Å²) in [7, 11) is 0. The van der Waals surface area contributed by atoms with Crippen molar-refractivity contribution < 1.29 is 13.9 Å². The first-order valence-corrected chi connectivity index (χ1v) is 11.3. The summed E-state index contributed by atoms with van der Waals surface area (Å²) in [6, 6.07) is 21.0. The Kier molecular flexibility index (Phi) is 5.60. The Morgan fingerprint density at radius 2 is 1.78 bits per heavy atom. The zero-order valence-electron chi connectivity index (χ0n) is 18.0. The zero-order chi connectivity index (χ0) is 22.1. The molecule has 32 heavy (non-hydrogen) atoms. The molecule has 0 amide bonds. The van der Waals surface area contributed by atoms with Gasteiger partial charge in [-0.15, -0.1) is 0 Å². The second-order valence-electron chi connectivity index (χ2n) is 8.84. The van der Waals surface area contributed by atoms with Crippen LogP contribution in [-0.4, -0.2) is 17.1 Å². The lowest BCUT2D eigenvalue weighted by molar-refractivity contribution is -0.143. The third-order valence-electron chi connectivity index (χ3n) is 6.97. The number of halogens is 1. The molecule has 1 aliphatic carbocycles. The normalized spacial score (nSPS) is 27.3. The number of hydrogen-bond donors (Lipinski definition) is 0. The largest absolute Gasteiger partial charge is 0.462 e. The van der Waals surface area contributed by atoms with Crippen LogP contribution in [-0.2, 0) is 9.53 Å². The Bertz CT molecular complexity index is 1130. The van der Waals surface area contributed by atoms with E-state index < -0.39 is 0 Å². The molecule has 0 radical (unpaired) electrons. The van der Waals surface area contributed by atoms with Gasteiger partial charge in [0.1, 0.15) is 11.9 Å². The number of esters is 1. The van der Waals surface area contributed by atoms with Crippen molar-refractivity contribution in [2.24, 2.45) is 17.8 Å². The molecule has 4 heteroatoms. The van der Waals surface area contributed by atoms with Crippen LogP contribution in [0.3, 0.4) is 0 Å². The summed E-state index contributed by atoms with van der Waals surface area (Å²) in [5.41, 5.74) is 3.84. The molecule has 3 aromatic rings. The number of ether oxygens (including phenoxy) is 1. The van der Waals surface area contributed by atoms with Crippen molar-refractivity contribution in [2.75, 3.05) is 0 Å². The van der Waals surface area contributed by atoms with E-state index in [1.807, 2.05) is 37.3 Å². The highest BCUT2D eigenvalue weighted by atomic mass is 19.1. The number of rotatable bonds is 4. The minimum Gasteiger partial charge on any atom is -0.462 e. The highest BCUT2D eigenvalue weighted by molar-refractivity contribution is 5.75. The molecule has 1 saturated carbocycles. The molecule has 1 saturated heterocycles. The molecule has 162 valence electrons. The number of cyclic esters (lactones) is 1. The number of aromatic nitrogens is 1. The highest BCUT2D eigenvalue weighted by Gasteiger charge is 2.50. The smallest absolute Gasteiger partial charge is 0.309 e. The van der Waals surface area contributed by atoms with Gasteiger partial charge in [0.15, 0.2) is 0 Å². The van der Waals surface area contributed by atoms with Crippen molar-refractivity contribution >= 4 is 12.0 Å². The molecule has 0 bridgehead atoms. The topological polar surface area (TPSA) is 39.2 Å². The monoisotopic (exact) mass is 427 g/mol. The van der Waals surface area contributed by atoms with E-state index >= 15 is 0 Å². The predicted molar refractivity (Wildman–Crippen MR) is 123 cm³/mol. The van der Waals surface area contributed by atoms with E-state index in [4.69, 9.17) is 4.74 Å². The van der Waals surface area contributed by atoms with Gasteiger partial charge in [-0.3, -0.25) is 9.78 Å². The van der Waals surface area contributed by atoms with Crippen molar-refractivity contribution in [3.8, 4) is 11.1 Å². The Labute approximate surface area is 188 Å². The first kappa shape index (κ1) is 20.6. The van der Waals surface area contributed by atoms with E-state index in [-0.39, 0.29) is 35.6 Å². The third kappa shape index (κ3) is 3.97. The second-order valence-corrected chi connectivity index (χ2v) is 8.84. The second kappa shape index (κ2) is 8.70. The number of hydrogen-bond acceptors (Lipinski definition) is 3. The van der Waals surface area contributed by atoms with Gasteiger partial charge in [-0.25, -0.2) is 4.39 Å². The Hall–Kier alpha value is -3.27. The maximum Gasteiger partial charge on any atom is 0.309 e. The molecule has 1 aromatic heterocycles. The number of benzene rings is 2. The van der Waals surface area contributed by atoms with Gasteiger partial charge in [-0.1, -0.05) is 54.6 Å². The van der Waals surface area contributed by atoms with Gasteiger partial charge < -0.3 is 4.74 Å². The van der Waals surface area contributed by atoms with Gasteiger partial charge >= 0.3 is 5.97 Å². The van der Waals surface area contributed by atoms with Gasteiger partial charge in [0.2, 0.25) is 0 Å². The molecule has 5 rings (SSSR count). The molecule has 0 N–H and O–H groups in total. The molecule has 2 aromatic carbocycles. The van der Waals surface area contributed by atoms with E-state index in [2.05, 4.69) is 35.3 Å². The lowest BCUT2D eigenvalue weighted by atomic mass is 9.64. The SMILES string of the molecule is CC1OC(=O)C2CCC(c3ccccc3)C(/C=C/c3ccc(-c4cccc(F)c4)cn3)C12. The van der Waals surface area contributed by atoms with Gasteiger partial charge in [-0.05, 0) is 67.0 Å². The van der Waals surface area contributed by atoms with Crippen LogP contribution in [0, 0.1) is 23.6 Å². The highest BCUT2D eigenvalue weighted by Crippen LogP contribution is 2.50. The van der Waals surface area contributed by atoms with Gasteiger partial charge in [0.05, 0.1) is 11.6 Å². The van der Waals surface area contributed by atoms with Gasteiger partial charge in [0.25, 0.3) is 0 Å². The van der Waals surface area contributed by atoms with Crippen molar-refractivity contribution in [3.05, 3.63) is 96.1 Å². The van der Waals surface area contributed by atoms with E-state index in [0.717, 1.165) is 29.7 Å². The first-order chi connectivity index (χ1) is 15.6. The van der Waals surface area contributed by atoms with Crippen LogP contribution in [0.2, 0.25) is 0 Å². The van der Waals surface area contributed by atoms with Crippen LogP contribution in [0.4, 0.5) is 4.39 Å². The fourth-order valence-corrected chi connectivity index (χ4v) is 5.45. The van der Waals surface area contributed by atoms with Crippen molar-refractivity contribution in [3.63, 3.8) is 0 Å². The quantitative estimate of drug-likeness (QED) is 0.461. The van der Waals surface area contributed by atoms with E-state index in [1.54, 1.807) is 12.3 Å². The van der Waals surface area contributed by atoms with Crippen LogP contribution < -0.4 is 0 Å². The zero-order valence-corrected chi connectivity index (χ0v) is 18.0. The molecule has 2 fully saturated rings. The Morgan fingerprint density at radius 1 is 0.969 bits per heavy atom.